The molecular weight excluding hydrogens is 264 g/mol. The van der Waals surface area contributed by atoms with Gasteiger partial charge in [-0.05, 0) is 12.8 Å². The van der Waals surface area contributed by atoms with Crippen LogP contribution in [0.15, 0.2) is 12.4 Å². The summed E-state index contributed by atoms with van der Waals surface area (Å²) in [5.41, 5.74) is 1.31. The molecule has 2 atom stereocenters. The summed E-state index contributed by atoms with van der Waals surface area (Å²) in [4.78, 5) is 5.23. The van der Waals surface area contributed by atoms with Gasteiger partial charge < -0.3 is 4.74 Å². The lowest BCUT2D eigenvalue weighted by atomic mass is 9.92. The van der Waals surface area contributed by atoms with E-state index in [1.165, 1.54) is 37.9 Å². The lowest BCUT2D eigenvalue weighted by molar-refractivity contribution is 0.0442. The van der Waals surface area contributed by atoms with E-state index in [0.717, 1.165) is 32.3 Å². The molecule has 1 aromatic rings. The second kappa shape index (κ2) is 5.71. The van der Waals surface area contributed by atoms with Crippen molar-refractivity contribution >= 4 is 0 Å². The lowest BCUT2D eigenvalue weighted by Crippen LogP contribution is -2.40. The van der Waals surface area contributed by atoms with Crippen molar-refractivity contribution in [2.24, 2.45) is 13.0 Å². The third-order valence-corrected chi connectivity index (χ3v) is 5.40. The first-order valence-electron chi connectivity index (χ1n) is 8.33. The Kier molecular flexibility index (Phi) is 3.73. The summed E-state index contributed by atoms with van der Waals surface area (Å²) in [6.45, 7) is 6.49. The number of rotatable bonds is 3. The molecule has 1 saturated carbocycles. The predicted molar refractivity (Wildman–Crippen MR) is 80.9 cm³/mol. The van der Waals surface area contributed by atoms with Gasteiger partial charge in [-0.25, -0.2) is 0 Å². The molecule has 0 aromatic carbocycles. The summed E-state index contributed by atoms with van der Waals surface area (Å²) in [6.07, 6.45) is 8.80. The lowest BCUT2D eigenvalue weighted by Gasteiger charge is -2.35. The molecule has 0 N–H and O–H groups in total. The van der Waals surface area contributed by atoms with Crippen LogP contribution >= 0.6 is 0 Å². The molecule has 5 nitrogen and oxygen atoms in total. The molecule has 21 heavy (non-hydrogen) atoms. The minimum Gasteiger partial charge on any atom is -0.375 e. The van der Waals surface area contributed by atoms with E-state index in [9.17, 15) is 0 Å². The summed E-state index contributed by atoms with van der Waals surface area (Å²) in [5, 5.41) is 4.28. The van der Waals surface area contributed by atoms with Gasteiger partial charge in [0, 0.05) is 63.5 Å². The zero-order valence-corrected chi connectivity index (χ0v) is 12.9. The summed E-state index contributed by atoms with van der Waals surface area (Å²) >= 11 is 0. The highest BCUT2D eigenvalue weighted by Gasteiger charge is 2.40. The summed E-state index contributed by atoms with van der Waals surface area (Å²) in [6, 6.07) is 0.854. The number of aryl methyl sites for hydroxylation is 1. The van der Waals surface area contributed by atoms with E-state index < -0.39 is 0 Å². The standard InChI is InChI=1S/C16H26N4O/c1-18-8-13(7-17-18)9-19-5-6-21-16-12-20(11-14(16)10-19)15-3-2-4-15/h7-8,14-16H,2-6,9-12H2,1H3/t14-,16+/m1/s1. The molecule has 2 saturated heterocycles. The van der Waals surface area contributed by atoms with Crippen molar-refractivity contribution in [3.05, 3.63) is 18.0 Å². The van der Waals surface area contributed by atoms with Crippen molar-refractivity contribution < 1.29 is 4.74 Å². The maximum Gasteiger partial charge on any atom is 0.0755 e. The molecule has 0 unspecified atom stereocenters. The topological polar surface area (TPSA) is 33.5 Å². The Morgan fingerprint density at radius 1 is 1.29 bits per heavy atom. The molecule has 0 bridgehead atoms. The number of fused-ring (bicyclic) bond motifs is 1. The molecule has 5 heteroatoms. The van der Waals surface area contributed by atoms with Gasteiger partial charge in [0.1, 0.15) is 0 Å². The summed E-state index contributed by atoms with van der Waals surface area (Å²) < 4.78 is 8.03. The molecule has 0 spiro atoms. The highest BCUT2D eigenvalue weighted by Crippen LogP contribution is 2.32. The van der Waals surface area contributed by atoms with Gasteiger partial charge in [-0.3, -0.25) is 14.5 Å². The molecule has 3 aliphatic rings. The number of hydrogen-bond acceptors (Lipinski definition) is 4. The maximum atomic E-state index is 6.14. The van der Waals surface area contributed by atoms with Crippen LogP contribution in [0.25, 0.3) is 0 Å². The molecule has 3 fully saturated rings. The Labute approximate surface area is 126 Å². The van der Waals surface area contributed by atoms with Gasteiger partial charge in [-0.15, -0.1) is 0 Å². The molecule has 0 radical (unpaired) electrons. The SMILES string of the molecule is Cn1cc(CN2CCO[C@H]3CN(C4CCC4)C[C@H]3C2)cn1. The second-order valence-electron chi connectivity index (χ2n) is 6.97. The summed E-state index contributed by atoms with van der Waals surface area (Å²) in [5.74, 6) is 0.685. The number of hydrogen-bond donors (Lipinski definition) is 0. The maximum absolute atomic E-state index is 6.14. The van der Waals surface area contributed by atoms with Crippen LogP contribution in [0.5, 0.6) is 0 Å². The van der Waals surface area contributed by atoms with Crippen LogP contribution in [0.2, 0.25) is 0 Å². The largest absolute Gasteiger partial charge is 0.375 e. The van der Waals surface area contributed by atoms with E-state index >= 15 is 0 Å². The van der Waals surface area contributed by atoms with Crippen LogP contribution in [0.4, 0.5) is 0 Å². The number of likely N-dealkylation sites (tertiary alicyclic amines) is 1. The van der Waals surface area contributed by atoms with Crippen molar-refractivity contribution in [2.75, 3.05) is 32.8 Å². The highest BCUT2D eigenvalue weighted by atomic mass is 16.5. The van der Waals surface area contributed by atoms with E-state index in [1.54, 1.807) is 0 Å². The van der Waals surface area contributed by atoms with Crippen LogP contribution in [-0.4, -0.2) is 64.5 Å². The van der Waals surface area contributed by atoms with Gasteiger partial charge in [0.05, 0.1) is 18.9 Å². The van der Waals surface area contributed by atoms with Gasteiger partial charge in [0.25, 0.3) is 0 Å². The van der Waals surface area contributed by atoms with Gasteiger partial charge >= 0.3 is 0 Å². The Morgan fingerprint density at radius 3 is 2.90 bits per heavy atom. The fourth-order valence-electron chi connectivity index (χ4n) is 4.00. The van der Waals surface area contributed by atoms with Crippen molar-refractivity contribution in [3.8, 4) is 0 Å². The second-order valence-corrected chi connectivity index (χ2v) is 6.97. The van der Waals surface area contributed by atoms with Crippen LogP contribution in [-0.2, 0) is 18.3 Å². The normalized spacial score (nSPS) is 31.9. The van der Waals surface area contributed by atoms with Gasteiger partial charge in [-0.1, -0.05) is 6.42 Å². The van der Waals surface area contributed by atoms with E-state index in [0.29, 0.717) is 12.0 Å². The molecule has 116 valence electrons. The van der Waals surface area contributed by atoms with E-state index in [4.69, 9.17) is 4.74 Å². The number of aromatic nitrogens is 2. The zero-order valence-electron chi connectivity index (χ0n) is 12.9. The predicted octanol–water partition coefficient (Wildman–Crippen LogP) is 1.11. The molecule has 1 aliphatic carbocycles. The number of ether oxygens (including phenoxy) is 1. The molecular formula is C16H26N4O. The Bertz CT molecular complexity index is 484. The molecule has 3 heterocycles. The van der Waals surface area contributed by atoms with Crippen LogP contribution < -0.4 is 0 Å². The van der Waals surface area contributed by atoms with Crippen LogP contribution in [0.1, 0.15) is 24.8 Å². The molecule has 2 aliphatic heterocycles. The fourth-order valence-corrected chi connectivity index (χ4v) is 4.00. The average molecular weight is 290 g/mol. The molecule has 1 aromatic heterocycles. The first kappa shape index (κ1) is 13.7. The van der Waals surface area contributed by atoms with Crippen molar-refractivity contribution in [1.82, 2.24) is 19.6 Å². The van der Waals surface area contributed by atoms with Crippen LogP contribution in [0.3, 0.4) is 0 Å². The third kappa shape index (κ3) is 2.87. The smallest absolute Gasteiger partial charge is 0.0755 e. The monoisotopic (exact) mass is 290 g/mol. The Hall–Kier alpha value is -0.910. The Morgan fingerprint density at radius 2 is 2.19 bits per heavy atom. The highest BCUT2D eigenvalue weighted by molar-refractivity contribution is 5.04. The van der Waals surface area contributed by atoms with Crippen molar-refractivity contribution in [3.63, 3.8) is 0 Å². The van der Waals surface area contributed by atoms with Crippen molar-refractivity contribution in [2.45, 2.75) is 38.0 Å². The minimum absolute atomic E-state index is 0.462. The van der Waals surface area contributed by atoms with E-state index in [-0.39, 0.29) is 0 Å². The fraction of sp³-hybridized carbons (Fsp3) is 0.812. The summed E-state index contributed by atoms with van der Waals surface area (Å²) in [7, 11) is 1.98. The zero-order chi connectivity index (χ0) is 14.2. The van der Waals surface area contributed by atoms with Crippen molar-refractivity contribution in [1.29, 1.82) is 0 Å². The third-order valence-electron chi connectivity index (χ3n) is 5.40. The van der Waals surface area contributed by atoms with Gasteiger partial charge in [0.15, 0.2) is 0 Å². The van der Waals surface area contributed by atoms with E-state index in [2.05, 4.69) is 21.1 Å². The van der Waals surface area contributed by atoms with Gasteiger partial charge in [0.2, 0.25) is 0 Å². The first-order chi connectivity index (χ1) is 10.3. The van der Waals surface area contributed by atoms with E-state index in [1.807, 2.05) is 17.9 Å². The Balaban J connectivity index is 1.38. The molecule has 0 amide bonds. The first-order valence-corrected chi connectivity index (χ1v) is 8.33. The average Bonchev–Trinajstić information content (AvgIpc) is 2.90. The van der Waals surface area contributed by atoms with Crippen LogP contribution in [0, 0.1) is 5.92 Å². The number of nitrogens with zero attached hydrogens (tertiary/aromatic N) is 4. The quantitative estimate of drug-likeness (QED) is 0.835. The molecule has 4 rings (SSSR count). The minimum atomic E-state index is 0.462. The van der Waals surface area contributed by atoms with Gasteiger partial charge in [-0.2, -0.15) is 5.10 Å².